The normalized spacial score (nSPS) is 12.1. The number of amides is 2. The van der Waals surface area contributed by atoms with Crippen LogP contribution in [0.15, 0.2) is 30.3 Å². The van der Waals surface area contributed by atoms with Gasteiger partial charge in [0.2, 0.25) is 11.8 Å². The lowest BCUT2D eigenvalue weighted by atomic mass is 9.92. The zero-order valence-corrected chi connectivity index (χ0v) is 20.9. The number of benzene rings is 1. The summed E-state index contributed by atoms with van der Waals surface area (Å²) in [6.07, 6.45) is 0.226. The number of aromatic nitrogens is 2. The molecular weight excluding hydrogens is 404 g/mol. The number of hydrogen-bond donors (Lipinski definition) is 1. The van der Waals surface area contributed by atoms with Gasteiger partial charge in [0.1, 0.15) is 18.1 Å². The monoisotopic (exact) mass is 442 g/mol. The van der Waals surface area contributed by atoms with Gasteiger partial charge in [0.05, 0.1) is 24.8 Å². The van der Waals surface area contributed by atoms with Gasteiger partial charge in [0, 0.05) is 17.5 Å². The second kappa shape index (κ2) is 9.76. The standard InChI is InChI=1S/C25H38N4O3/c1-17(2)28(23(31)14-18-10-12-19(32-9)13-11-18)16-22(30)26-21-15-20(24(3,4)5)27-29(21)25(6,7)8/h10-13,15,17H,14,16H2,1-9H3,(H,26,30). The van der Waals surface area contributed by atoms with Gasteiger partial charge in [-0.15, -0.1) is 0 Å². The van der Waals surface area contributed by atoms with Gasteiger partial charge >= 0.3 is 0 Å². The van der Waals surface area contributed by atoms with Crippen molar-refractivity contribution in [3.63, 3.8) is 0 Å². The fraction of sp³-hybridized carbons (Fsp3) is 0.560. The highest BCUT2D eigenvalue weighted by Gasteiger charge is 2.27. The maximum absolute atomic E-state index is 13.0. The van der Waals surface area contributed by atoms with E-state index in [9.17, 15) is 9.59 Å². The summed E-state index contributed by atoms with van der Waals surface area (Å²) in [6, 6.07) is 9.20. The smallest absolute Gasteiger partial charge is 0.245 e. The van der Waals surface area contributed by atoms with Crippen molar-refractivity contribution in [1.82, 2.24) is 14.7 Å². The Morgan fingerprint density at radius 3 is 2.16 bits per heavy atom. The molecule has 0 saturated carbocycles. The second-order valence-corrected chi connectivity index (χ2v) is 10.4. The molecule has 0 atom stereocenters. The summed E-state index contributed by atoms with van der Waals surface area (Å²) in [7, 11) is 1.61. The van der Waals surface area contributed by atoms with Gasteiger partial charge in [-0.3, -0.25) is 9.59 Å². The Morgan fingerprint density at radius 2 is 1.69 bits per heavy atom. The summed E-state index contributed by atoms with van der Waals surface area (Å²) in [6.45, 7) is 16.2. The van der Waals surface area contributed by atoms with Crippen molar-refractivity contribution in [2.24, 2.45) is 0 Å². The van der Waals surface area contributed by atoms with E-state index >= 15 is 0 Å². The van der Waals surface area contributed by atoms with E-state index in [0.29, 0.717) is 5.82 Å². The Bertz CT molecular complexity index is 932. The number of nitrogens with one attached hydrogen (secondary N) is 1. The number of ether oxygens (including phenoxy) is 1. The summed E-state index contributed by atoms with van der Waals surface area (Å²) >= 11 is 0. The van der Waals surface area contributed by atoms with Gasteiger partial charge in [-0.1, -0.05) is 32.9 Å². The van der Waals surface area contributed by atoms with Crippen LogP contribution in [0.2, 0.25) is 0 Å². The number of carbonyl (C=O) groups excluding carboxylic acids is 2. The molecule has 0 spiro atoms. The molecule has 7 nitrogen and oxygen atoms in total. The van der Waals surface area contributed by atoms with Crippen LogP contribution in [0.1, 0.15) is 66.6 Å². The average molecular weight is 443 g/mol. The lowest BCUT2D eigenvalue weighted by molar-refractivity contribution is -0.135. The zero-order valence-electron chi connectivity index (χ0n) is 20.9. The van der Waals surface area contributed by atoms with Crippen molar-refractivity contribution < 1.29 is 14.3 Å². The number of rotatable bonds is 7. The first-order valence-electron chi connectivity index (χ1n) is 11.1. The quantitative estimate of drug-likeness (QED) is 0.691. The Labute approximate surface area is 192 Å². The number of nitrogens with zero attached hydrogens (tertiary/aromatic N) is 3. The number of methoxy groups -OCH3 is 1. The van der Waals surface area contributed by atoms with Crippen molar-refractivity contribution in [3.05, 3.63) is 41.6 Å². The predicted molar refractivity (Wildman–Crippen MR) is 128 cm³/mol. The molecule has 7 heteroatoms. The van der Waals surface area contributed by atoms with E-state index in [1.54, 1.807) is 12.0 Å². The topological polar surface area (TPSA) is 76.5 Å². The third-order valence-corrected chi connectivity index (χ3v) is 5.15. The highest BCUT2D eigenvalue weighted by atomic mass is 16.5. The van der Waals surface area contributed by atoms with Crippen molar-refractivity contribution >= 4 is 17.6 Å². The molecule has 0 aliphatic rings. The summed E-state index contributed by atoms with van der Waals surface area (Å²) < 4.78 is 7.01. The molecule has 0 aliphatic heterocycles. The van der Waals surface area contributed by atoms with Gasteiger partial charge in [-0.05, 0) is 52.3 Å². The van der Waals surface area contributed by atoms with Crippen LogP contribution in [0.3, 0.4) is 0 Å². The first-order chi connectivity index (χ1) is 14.7. The van der Waals surface area contributed by atoms with Gasteiger partial charge in [-0.25, -0.2) is 4.68 Å². The minimum Gasteiger partial charge on any atom is -0.497 e. The predicted octanol–water partition coefficient (Wildman–Crippen LogP) is 4.36. The van der Waals surface area contributed by atoms with Crippen LogP contribution in [0.25, 0.3) is 0 Å². The molecule has 0 saturated heterocycles. The largest absolute Gasteiger partial charge is 0.497 e. The Hall–Kier alpha value is -2.83. The van der Waals surface area contributed by atoms with Crippen LogP contribution < -0.4 is 10.1 Å². The third-order valence-electron chi connectivity index (χ3n) is 5.15. The zero-order chi connectivity index (χ0) is 24.3. The van der Waals surface area contributed by atoms with E-state index in [1.165, 1.54) is 0 Å². The van der Waals surface area contributed by atoms with E-state index in [0.717, 1.165) is 17.0 Å². The summed E-state index contributed by atoms with van der Waals surface area (Å²) in [5.41, 5.74) is 1.34. The SMILES string of the molecule is COc1ccc(CC(=O)N(CC(=O)Nc2cc(C(C)(C)C)nn2C(C)(C)C)C(C)C)cc1. The molecule has 0 fully saturated rings. The highest BCUT2D eigenvalue weighted by Crippen LogP contribution is 2.28. The molecular formula is C25H38N4O3. The first kappa shape index (κ1) is 25.4. The molecule has 1 N–H and O–H groups in total. The number of hydrogen-bond acceptors (Lipinski definition) is 4. The second-order valence-electron chi connectivity index (χ2n) is 10.4. The molecule has 1 aromatic heterocycles. The van der Waals surface area contributed by atoms with Crippen LogP contribution in [0.5, 0.6) is 5.75 Å². The van der Waals surface area contributed by atoms with Crippen LogP contribution in [-0.2, 0) is 27.0 Å². The maximum atomic E-state index is 13.0. The lowest BCUT2D eigenvalue weighted by Gasteiger charge is -2.27. The van der Waals surface area contributed by atoms with Gasteiger partial charge in [-0.2, -0.15) is 5.10 Å². The molecule has 2 rings (SSSR count). The Kier molecular flexibility index (Phi) is 7.75. The fourth-order valence-corrected chi connectivity index (χ4v) is 3.26. The van der Waals surface area contributed by atoms with E-state index in [2.05, 4.69) is 26.1 Å². The molecule has 1 heterocycles. The third kappa shape index (κ3) is 6.58. The van der Waals surface area contributed by atoms with Crippen molar-refractivity contribution in [2.75, 3.05) is 19.0 Å². The van der Waals surface area contributed by atoms with Crippen LogP contribution in [0.4, 0.5) is 5.82 Å². The van der Waals surface area contributed by atoms with Gasteiger partial charge in [0.15, 0.2) is 0 Å². The molecule has 0 bridgehead atoms. The van der Waals surface area contributed by atoms with E-state index in [1.807, 2.05) is 69.6 Å². The average Bonchev–Trinajstić information content (AvgIpc) is 3.11. The van der Waals surface area contributed by atoms with E-state index in [-0.39, 0.29) is 41.8 Å². The fourth-order valence-electron chi connectivity index (χ4n) is 3.26. The van der Waals surface area contributed by atoms with E-state index < -0.39 is 0 Å². The van der Waals surface area contributed by atoms with E-state index in [4.69, 9.17) is 9.84 Å². The summed E-state index contributed by atoms with van der Waals surface area (Å²) in [5, 5.41) is 7.72. The molecule has 0 radical (unpaired) electrons. The summed E-state index contributed by atoms with van der Waals surface area (Å²) in [5.74, 6) is 1.04. The minimum atomic E-state index is -0.298. The van der Waals surface area contributed by atoms with Crippen LogP contribution in [-0.4, -0.2) is 46.2 Å². The van der Waals surface area contributed by atoms with Crippen LogP contribution >= 0.6 is 0 Å². The molecule has 176 valence electrons. The van der Waals surface area contributed by atoms with Gasteiger partial charge < -0.3 is 15.0 Å². The van der Waals surface area contributed by atoms with Gasteiger partial charge in [0.25, 0.3) is 0 Å². The lowest BCUT2D eigenvalue weighted by Crippen LogP contribution is -2.43. The van der Waals surface area contributed by atoms with Crippen molar-refractivity contribution in [1.29, 1.82) is 0 Å². The molecule has 1 aromatic carbocycles. The molecule has 2 amide bonds. The Balaban J connectivity index is 2.16. The maximum Gasteiger partial charge on any atom is 0.245 e. The Morgan fingerprint density at radius 1 is 1.09 bits per heavy atom. The molecule has 32 heavy (non-hydrogen) atoms. The number of carbonyl (C=O) groups is 2. The highest BCUT2D eigenvalue weighted by molar-refractivity contribution is 5.94. The first-order valence-corrected chi connectivity index (χ1v) is 11.1. The number of anilines is 1. The summed E-state index contributed by atoms with van der Waals surface area (Å²) in [4.78, 5) is 27.5. The van der Waals surface area contributed by atoms with Crippen LogP contribution in [0, 0.1) is 0 Å². The van der Waals surface area contributed by atoms with Crippen molar-refractivity contribution in [3.8, 4) is 5.75 Å². The minimum absolute atomic E-state index is 0.0210. The molecule has 2 aromatic rings. The van der Waals surface area contributed by atoms with Crippen molar-refractivity contribution in [2.45, 2.75) is 78.8 Å². The molecule has 0 unspecified atom stereocenters. The molecule has 0 aliphatic carbocycles.